The normalized spacial score (nSPS) is 11.0. The lowest BCUT2D eigenvalue weighted by atomic mass is 10.2. The smallest absolute Gasteiger partial charge is 0.343 e. The molecule has 0 radical (unpaired) electrons. The van der Waals surface area contributed by atoms with Crippen LogP contribution in [0.3, 0.4) is 0 Å². The van der Waals surface area contributed by atoms with Crippen molar-refractivity contribution in [2.75, 3.05) is 0 Å². The van der Waals surface area contributed by atoms with E-state index in [0.29, 0.717) is 0 Å². The first-order valence-corrected chi connectivity index (χ1v) is 11.7. The maximum Gasteiger partial charge on any atom is 0.343 e. The third-order valence-corrected chi connectivity index (χ3v) is 6.67. The van der Waals surface area contributed by atoms with E-state index in [2.05, 4.69) is 0 Å². The first-order valence-electron chi connectivity index (χ1n) is 10.2. The summed E-state index contributed by atoms with van der Waals surface area (Å²) in [6, 6.07) is 21.7. The van der Waals surface area contributed by atoms with Gasteiger partial charge in [-0.2, -0.15) is 0 Å². The summed E-state index contributed by atoms with van der Waals surface area (Å²) in [6.45, 7) is 0. The minimum atomic E-state index is -4.17. The third-order valence-electron chi connectivity index (χ3n) is 4.88. The first-order chi connectivity index (χ1) is 16.7. The van der Waals surface area contributed by atoms with Gasteiger partial charge in [-0.15, -0.1) is 0 Å². The molecule has 4 aromatic carbocycles. The van der Waals surface area contributed by atoms with Crippen LogP contribution in [0.15, 0.2) is 107 Å². The molecule has 0 amide bonds. The number of benzene rings is 4. The Hall–Kier alpha value is -4.63. The Bertz CT molecular complexity index is 1480. The molecular weight excluding hydrogens is 472 g/mol. The highest BCUT2D eigenvalue weighted by molar-refractivity contribution is 7.91. The summed E-state index contributed by atoms with van der Waals surface area (Å²) in [6.07, 6.45) is 0. The van der Waals surface area contributed by atoms with Gasteiger partial charge in [0.15, 0.2) is 5.75 Å². The summed E-state index contributed by atoms with van der Waals surface area (Å²) in [5, 5.41) is 18.8. The number of phenolic OH excluding ortho intramolecular Hbond substituents is 2. The summed E-state index contributed by atoms with van der Waals surface area (Å²) in [5.74, 6) is -2.06. The lowest BCUT2D eigenvalue weighted by Crippen LogP contribution is -2.13. The third kappa shape index (κ3) is 5.31. The molecule has 9 heteroatoms. The van der Waals surface area contributed by atoms with E-state index in [9.17, 15) is 28.2 Å². The van der Waals surface area contributed by atoms with Crippen LogP contribution in [0.4, 0.5) is 0 Å². The fraction of sp³-hybridized carbons (Fsp3) is 0. The second-order valence-electron chi connectivity index (χ2n) is 7.30. The van der Waals surface area contributed by atoms with Crippen molar-refractivity contribution in [3.05, 3.63) is 108 Å². The van der Waals surface area contributed by atoms with E-state index in [1.807, 2.05) is 0 Å². The maximum atomic E-state index is 13.4. The molecule has 0 aliphatic carbocycles. The van der Waals surface area contributed by atoms with Crippen LogP contribution in [0, 0.1) is 0 Å². The topological polar surface area (TPSA) is 127 Å². The molecule has 4 aromatic rings. The fourth-order valence-corrected chi connectivity index (χ4v) is 4.51. The van der Waals surface area contributed by atoms with E-state index in [1.54, 1.807) is 18.2 Å². The van der Waals surface area contributed by atoms with E-state index >= 15 is 0 Å². The van der Waals surface area contributed by atoms with Crippen molar-refractivity contribution in [1.82, 2.24) is 0 Å². The number of carbonyl (C=O) groups excluding carboxylic acids is 2. The molecule has 0 atom stereocenters. The van der Waals surface area contributed by atoms with Gasteiger partial charge >= 0.3 is 11.9 Å². The molecule has 176 valence electrons. The van der Waals surface area contributed by atoms with Gasteiger partial charge in [-0.1, -0.05) is 18.2 Å². The van der Waals surface area contributed by atoms with Gasteiger partial charge in [0.25, 0.3) is 0 Å². The number of carbonyl (C=O) groups is 2. The van der Waals surface area contributed by atoms with Crippen LogP contribution in [0.5, 0.6) is 23.0 Å². The monoisotopic (exact) mass is 490 g/mol. The molecule has 0 fully saturated rings. The summed E-state index contributed by atoms with van der Waals surface area (Å²) >= 11 is 0. The summed E-state index contributed by atoms with van der Waals surface area (Å²) in [5.41, 5.74) is 0.229. The average Bonchev–Trinajstić information content (AvgIpc) is 2.86. The van der Waals surface area contributed by atoms with Crippen LogP contribution in [-0.2, 0) is 9.84 Å². The molecule has 0 saturated heterocycles. The number of sulfone groups is 1. The SMILES string of the molecule is O=C(Oc1ccc(OC(=O)c2ccc(O)cc2)c(S(=O)(=O)c2ccccc2)c1)c1ccc(O)cc1. The van der Waals surface area contributed by atoms with E-state index in [-0.39, 0.29) is 43.9 Å². The molecule has 0 aliphatic heterocycles. The molecule has 35 heavy (non-hydrogen) atoms. The van der Waals surface area contributed by atoms with Gasteiger partial charge in [0.2, 0.25) is 9.84 Å². The number of hydrogen-bond acceptors (Lipinski definition) is 8. The zero-order valence-electron chi connectivity index (χ0n) is 18.0. The number of esters is 2. The van der Waals surface area contributed by atoms with Crippen molar-refractivity contribution in [2.24, 2.45) is 0 Å². The second-order valence-corrected chi connectivity index (χ2v) is 9.22. The lowest BCUT2D eigenvalue weighted by molar-refractivity contribution is 0.0715. The fourth-order valence-electron chi connectivity index (χ4n) is 3.09. The average molecular weight is 490 g/mol. The quantitative estimate of drug-likeness (QED) is 0.301. The van der Waals surface area contributed by atoms with Gasteiger partial charge in [-0.25, -0.2) is 18.0 Å². The van der Waals surface area contributed by atoms with Crippen LogP contribution >= 0.6 is 0 Å². The molecule has 0 unspecified atom stereocenters. The van der Waals surface area contributed by atoms with Crippen molar-refractivity contribution < 1.29 is 37.7 Å². The zero-order chi connectivity index (χ0) is 25.0. The Labute approximate surface area is 200 Å². The summed E-state index contributed by atoms with van der Waals surface area (Å²) in [4.78, 5) is 24.6. The van der Waals surface area contributed by atoms with E-state index in [4.69, 9.17) is 9.47 Å². The standard InChI is InChI=1S/C26H18O8S/c27-19-10-6-17(7-11-19)25(29)33-21-14-15-23(34-26(30)18-8-12-20(28)13-9-18)24(16-21)35(31,32)22-4-2-1-3-5-22/h1-16,27-28H. The van der Waals surface area contributed by atoms with Gasteiger partial charge in [0.1, 0.15) is 22.1 Å². The number of rotatable bonds is 6. The van der Waals surface area contributed by atoms with Crippen LogP contribution < -0.4 is 9.47 Å². The predicted octanol–water partition coefficient (Wildman–Crippen LogP) is 4.37. The van der Waals surface area contributed by atoms with Gasteiger partial charge in [0.05, 0.1) is 16.0 Å². The van der Waals surface area contributed by atoms with Crippen LogP contribution in [-0.4, -0.2) is 30.6 Å². The molecule has 0 aromatic heterocycles. The molecule has 4 rings (SSSR count). The Morgan fingerprint density at radius 2 is 1.14 bits per heavy atom. The number of phenols is 2. The highest BCUT2D eigenvalue weighted by Crippen LogP contribution is 2.34. The van der Waals surface area contributed by atoms with Crippen LogP contribution in [0.1, 0.15) is 20.7 Å². The Morgan fingerprint density at radius 1 is 0.629 bits per heavy atom. The minimum absolute atomic E-state index is 0.0300. The zero-order valence-corrected chi connectivity index (χ0v) is 18.8. The molecule has 0 heterocycles. The van der Waals surface area contributed by atoms with Gasteiger partial charge in [0, 0.05) is 6.07 Å². The Balaban J connectivity index is 1.71. The van der Waals surface area contributed by atoms with E-state index < -0.39 is 21.8 Å². The first kappa shape index (κ1) is 23.5. The molecule has 0 bridgehead atoms. The second kappa shape index (κ2) is 9.70. The van der Waals surface area contributed by atoms with Crippen molar-refractivity contribution in [3.8, 4) is 23.0 Å². The Morgan fingerprint density at radius 3 is 1.69 bits per heavy atom. The van der Waals surface area contributed by atoms with Gasteiger partial charge < -0.3 is 19.7 Å². The van der Waals surface area contributed by atoms with Crippen molar-refractivity contribution in [3.63, 3.8) is 0 Å². The maximum absolute atomic E-state index is 13.4. The molecule has 2 N–H and O–H groups in total. The highest BCUT2D eigenvalue weighted by atomic mass is 32.2. The Kier molecular flexibility index (Phi) is 6.52. The lowest BCUT2D eigenvalue weighted by Gasteiger charge is -2.13. The van der Waals surface area contributed by atoms with Gasteiger partial charge in [-0.05, 0) is 72.8 Å². The minimum Gasteiger partial charge on any atom is -0.508 e. The molecule has 0 saturated carbocycles. The molecular formula is C26H18O8S. The van der Waals surface area contributed by atoms with Gasteiger partial charge in [-0.3, -0.25) is 0 Å². The number of hydrogen-bond donors (Lipinski definition) is 2. The van der Waals surface area contributed by atoms with Crippen molar-refractivity contribution in [1.29, 1.82) is 0 Å². The number of ether oxygens (including phenoxy) is 2. The highest BCUT2D eigenvalue weighted by Gasteiger charge is 2.25. The molecule has 0 aliphatic rings. The summed E-state index contributed by atoms with van der Waals surface area (Å²) in [7, 11) is -4.17. The van der Waals surface area contributed by atoms with Crippen LogP contribution in [0.2, 0.25) is 0 Å². The van der Waals surface area contributed by atoms with E-state index in [1.165, 1.54) is 72.8 Å². The molecule has 8 nitrogen and oxygen atoms in total. The molecule has 0 spiro atoms. The predicted molar refractivity (Wildman–Crippen MR) is 124 cm³/mol. The summed E-state index contributed by atoms with van der Waals surface area (Å²) < 4.78 is 37.4. The number of aromatic hydroxyl groups is 2. The van der Waals surface area contributed by atoms with Crippen molar-refractivity contribution >= 4 is 21.8 Å². The largest absolute Gasteiger partial charge is 0.508 e. The van der Waals surface area contributed by atoms with Crippen molar-refractivity contribution in [2.45, 2.75) is 9.79 Å². The van der Waals surface area contributed by atoms with Crippen LogP contribution in [0.25, 0.3) is 0 Å². The van der Waals surface area contributed by atoms with E-state index in [0.717, 1.165) is 6.07 Å².